The predicted molar refractivity (Wildman–Crippen MR) is 244 cm³/mol. The van der Waals surface area contributed by atoms with E-state index < -0.39 is 23.5 Å². The zero-order chi connectivity index (χ0) is 44.2. The van der Waals surface area contributed by atoms with Gasteiger partial charge in [-0.2, -0.15) is 26.3 Å². The van der Waals surface area contributed by atoms with Gasteiger partial charge in [-0.3, -0.25) is 0 Å². The van der Waals surface area contributed by atoms with Crippen LogP contribution in [0.4, 0.5) is 26.3 Å². The van der Waals surface area contributed by atoms with Crippen LogP contribution in [0.1, 0.15) is 16.7 Å². The van der Waals surface area contributed by atoms with Gasteiger partial charge in [0.15, 0.2) is 5.82 Å². The minimum absolute atomic E-state index is 0.0591. The molecule has 10 aromatic rings. The molecule has 3 nitrogen and oxygen atoms in total. The minimum Gasteiger partial charge on any atom is -0.308 e. The van der Waals surface area contributed by atoms with E-state index in [-0.39, 0.29) is 27.9 Å². The molecule has 0 bridgehead atoms. The molecule has 2 aromatic heterocycles. The minimum atomic E-state index is -4.83. The van der Waals surface area contributed by atoms with E-state index in [2.05, 4.69) is 0 Å². The van der Waals surface area contributed by atoms with Gasteiger partial charge < -0.3 is 4.57 Å². The second kappa shape index (κ2) is 15.8. The maximum absolute atomic E-state index is 15.3. The van der Waals surface area contributed by atoms with Crippen LogP contribution >= 0.6 is 0 Å². The molecule has 0 aliphatic heterocycles. The van der Waals surface area contributed by atoms with Crippen LogP contribution in [-0.4, -0.2) is 14.5 Å². The van der Waals surface area contributed by atoms with Crippen molar-refractivity contribution < 1.29 is 26.3 Å². The molecule has 0 unspecified atom stereocenters. The highest BCUT2D eigenvalue weighted by molar-refractivity contribution is 6.12. The third-order valence-corrected chi connectivity index (χ3v) is 11.6. The fraction of sp³-hybridized carbons (Fsp3) is 0.0545. The third-order valence-electron chi connectivity index (χ3n) is 11.6. The molecule has 0 N–H and O–H groups in total. The number of aromatic nitrogens is 3. The van der Waals surface area contributed by atoms with E-state index in [1.54, 1.807) is 18.2 Å². The summed E-state index contributed by atoms with van der Waals surface area (Å²) in [6.07, 6.45) is -9.65. The van der Waals surface area contributed by atoms with Crippen molar-refractivity contribution in [3.8, 4) is 73.0 Å². The Bertz CT molecular complexity index is 3220. The lowest BCUT2D eigenvalue weighted by Crippen LogP contribution is -2.11. The number of rotatable bonds is 7. The number of aryl methyl sites for hydroxylation is 1. The van der Waals surface area contributed by atoms with Crippen LogP contribution in [0.15, 0.2) is 194 Å². The zero-order valence-corrected chi connectivity index (χ0v) is 34.1. The molecule has 9 heteroatoms. The summed E-state index contributed by atoms with van der Waals surface area (Å²) in [5.41, 5.74) is 4.68. The second-order valence-electron chi connectivity index (χ2n) is 15.7. The van der Waals surface area contributed by atoms with Crippen molar-refractivity contribution in [3.63, 3.8) is 0 Å². The summed E-state index contributed by atoms with van der Waals surface area (Å²) in [5, 5.41) is 1.55. The van der Waals surface area contributed by atoms with Gasteiger partial charge >= 0.3 is 12.4 Å². The van der Waals surface area contributed by atoms with E-state index in [1.165, 1.54) is 36.4 Å². The van der Waals surface area contributed by atoms with Crippen molar-refractivity contribution in [2.24, 2.45) is 0 Å². The van der Waals surface area contributed by atoms with Crippen LogP contribution in [0.2, 0.25) is 0 Å². The highest BCUT2D eigenvalue weighted by Gasteiger charge is 2.37. The SMILES string of the molecule is Cc1ccc(-c2ccc3c(c2)c2ccccc2n3-c2c(-c3ccccc3C(F)(F)F)cc(-c3cc(-c4ccccc4)nc(-c4ccccc4)n3)cc2-c2ccccc2C(F)(F)F)cc1. The molecule has 2 heterocycles. The molecule has 0 fully saturated rings. The van der Waals surface area contributed by atoms with E-state index in [1.807, 2.05) is 139 Å². The molecule has 8 aromatic carbocycles. The summed E-state index contributed by atoms with van der Waals surface area (Å²) in [5.74, 6) is 0.335. The van der Waals surface area contributed by atoms with Gasteiger partial charge in [0, 0.05) is 38.6 Å². The Morgan fingerprint density at radius 2 is 0.859 bits per heavy atom. The predicted octanol–water partition coefficient (Wildman–Crippen LogP) is 15.9. The normalized spacial score (nSPS) is 12.0. The van der Waals surface area contributed by atoms with Gasteiger partial charge in [-0.05, 0) is 77.7 Å². The molecule has 0 aliphatic rings. The van der Waals surface area contributed by atoms with Crippen LogP contribution < -0.4 is 0 Å². The lowest BCUT2D eigenvalue weighted by molar-refractivity contribution is -0.137. The number of benzene rings is 8. The van der Waals surface area contributed by atoms with Gasteiger partial charge in [-0.25, -0.2) is 9.97 Å². The fourth-order valence-corrected chi connectivity index (χ4v) is 8.57. The van der Waals surface area contributed by atoms with Gasteiger partial charge in [-0.1, -0.05) is 151 Å². The van der Waals surface area contributed by atoms with Crippen molar-refractivity contribution in [2.45, 2.75) is 19.3 Å². The van der Waals surface area contributed by atoms with Crippen LogP contribution in [0.5, 0.6) is 0 Å². The molecule has 0 atom stereocenters. The Morgan fingerprint density at radius 1 is 0.375 bits per heavy atom. The first-order valence-corrected chi connectivity index (χ1v) is 20.5. The summed E-state index contributed by atoms with van der Waals surface area (Å²) < 4.78 is 93.7. The van der Waals surface area contributed by atoms with Crippen molar-refractivity contribution in [1.82, 2.24) is 14.5 Å². The van der Waals surface area contributed by atoms with Crippen molar-refractivity contribution >= 4 is 21.8 Å². The van der Waals surface area contributed by atoms with Crippen molar-refractivity contribution in [1.29, 1.82) is 0 Å². The van der Waals surface area contributed by atoms with Gasteiger partial charge in [0.1, 0.15) is 0 Å². The Morgan fingerprint density at radius 3 is 1.45 bits per heavy atom. The summed E-state index contributed by atoms with van der Waals surface area (Å²) >= 11 is 0. The Kier molecular flexibility index (Phi) is 9.98. The van der Waals surface area contributed by atoms with Crippen molar-refractivity contribution in [2.75, 3.05) is 0 Å². The lowest BCUT2D eigenvalue weighted by atomic mass is 9.88. The number of nitrogens with zero attached hydrogens (tertiary/aromatic N) is 3. The molecular formula is C55H35F6N3. The van der Waals surface area contributed by atoms with Gasteiger partial charge in [0.25, 0.3) is 0 Å². The van der Waals surface area contributed by atoms with E-state index >= 15 is 26.3 Å². The first-order valence-electron chi connectivity index (χ1n) is 20.5. The molecule has 64 heavy (non-hydrogen) atoms. The van der Waals surface area contributed by atoms with Crippen LogP contribution in [0.3, 0.4) is 0 Å². The Balaban J connectivity index is 1.37. The average molecular weight is 852 g/mol. The number of fused-ring (bicyclic) bond motifs is 3. The summed E-state index contributed by atoms with van der Waals surface area (Å²) in [6, 6.07) is 55.3. The molecule has 0 saturated heterocycles. The third kappa shape index (κ3) is 7.38. The molecule has 0 aliphatic carbocycles. The van der Waals surface area contributed by atoms with Crippen LogP contribution in [0, 0.1) is 6.92 Å². The molecule has 0 spiro atoms. The van der Waals surface area contributed by atoms with Gasteiger partial charge in [-0.15, -0.1) is 0 Å². The van der Waals surface area contributed by atoms with E-state index in [0.717, 1.165) is 45.2 Å². The second-order valence-corrected chi connectivity index (χ2v) is 15.7. The summed E-state index contributed by atoms with van der Waals surface area (Å²) in [6.45, 7) is 2.00. The smallest absolute Gasteiger partial charge is 0.308 e. The zero-order valence-electron chi connectivity index (χ0n) is 34.1. The molecular weight excluding hydrogens is 817 g/mol. The highest BCUT2D eigenvalue weighted by atomic mass is 19.4. The number of para-hydroxylation sites is 1. The topological polar surface area (TPSA) is 30.7 Å². The Hall–Kier alpha value is -7.78. The number of hydrogen-bond donors (Lipinski definition) is 0. The lowest BCUT2D eigenvalue weighted by Gasteiger charge is -2.24. The van der Waals surface area contributed by atoms with E-state index in [0.29, 0.717) is 39.4 Å². The van der Waals surface area contributed by atoms with Crippen molar-refractivity contribution in [3.05, 3.63) is 211 Å². The maximum Gasteiger partial charge on any atom is 0.417 e. The van der Waals surface area contributed by atoms with Gasteiger partial charge in [0.2, 0.25) is 0 Å². The molecule has 0 saturated carbocycles. The quantitative estimate of drug-likeness (QED) is 0.150. The standard InChI is InChI=1S/C55H35F6N3/c1-34-24-26-35(27-25-34)38-28-29-51-43(30-38)42-20-10-13-23-50(42)64(51)52-44(40-18-8-11-21-46(40)54(56,57)58)31-39(32-45(52)41-19-9-12-22-47(41)55(59,60)61)49-33-48(36-14-4-2-5-15-36)62-53(63-49)37-16-6-3-7-17-37/h2-33H,1H3. The summed E-state index contributed by atoms with van der Waals surface area (Å²) in [4.78, 5) is 9.89. The molecule has 0 radical (unpaired) electrons. The monoisotopic (exact) mass is 851 g/mol. The largest absolute Gasteiger partial charge is 0.417 e. The molecule has 10 rings (SSSR count). The number of alkyl halides is 6. The van der Waals surface area contributed by atoms with Gasteiger partial charge in [0.05, 0.1) is 39.2 Å². The van der Waals surface area contributed by atoms with E-state index in [4.69, 9.17) is 9.97 Å². The Labute approximate surface area is 364 Å². The van der Waals surface area contributed by atoms with E-state index in [9.17, 15) is 0 Å². The van der Waals surface area contributed by atoms with Crippen LogP contribution in [-0.2, 0) is 12.4 Å². The first kappa shape index (κ1) is 40.3. The molecule has 312 valence electrons. The highest BCUT2D eigenvalue weighted by Crippen LogP contribution is 2.49. The summed E-state index contributed by atoms with van der Waals surface area (Å²) in [7, 11) is 0. The first-order chi connectivity index (χ1) is 30.9. The maximum atomic E-state index is 15.3. The average Bonchev–Trinajstić information content (AvgIpc) is 3.64. The molecule has 0 amide bonds. The fourth-order valence-electron chi connectivity index (χ4n) is 8.57. The number of hydrogen-bond acceptors (Lipinski definition) is 2. The van der Waals surface area contributed by atoms with Crippen LogP contribution in [0.25, 0.3) is 94.8 Å². The number of halogens is 6.